The van der Waals surface area contributed by atoms with Gasteiger partial charge in [0.2, 0.25) is 23.7 Å². The first-order valence-corrected chi connectivity index (χ1v) is 12.2. The summed E-state index contributed by atoms with van der Waals surface area (Å²) >= 11 is 0. The maximum Gasteiger partial charge on any atom is 0.242 e. The largest absolute Gasteiger partial charge is 0.276 e. The smallest absolute Gasteiger partial charge is 0.242 e. The monoisotopic (exact) mass is 435 g/mol. The molecule has 0 radical (unpaired) electrons. The van der Waals surface area contributed by atoms with Crippen LogP contribution in [0.3, 0.4) is 0 Å². The van der Waals surface area contributed by atoms with E-state index in [9.17, 15) is 8.42 Å². The van der Waals surface area contributed by atoms with Gasteiger partial charge in [-0.15, -0.1) is 0 Å². The summed E-state index contributed by atoms with van der Waals surface area (Å²) in [4.78, 5) is 0. The minimum Gasteiger partial charge on any atom is -0.276 e. The van der Waals surface area contributed by atoms with Gasteiger partial charge in [0.05, 0.1) is 5.54 Å². The second-order valence-electron chi connectivity index (χ2n) is 9.18. The Balaban J connectivity index is 1.96. The Morgan fingerprint density at radius 1 is 0.839 bits per heavy atom. The van der Waals surface area contributed by atoms with Gasteiger partial charge in [0.1, 0.15) is 0 Å². The summed E-state index contributed by atoms with van der Waals surface area (Å²) in [6.45, 7) is 9.54. The number of sulfonamides is 1. The van der Waals surface area contributed by atoms with Gasteiger partial charge in [-0.2, -0.15) is 5.10 Å². The highest BCUT2D eigenvalue weighted by atomic mass is 32.2. The van der Waals surface area contributed by atoms with Crippen LogP contribution in [0.5, 0.6) is 0 Å². The molecular formula is C23H31B2N3O2S. The van der Waals surface area contributed by atoms with Crippen molar-refractivity contribution in [3.8, 4) is 0 Å². The molecule has 3 rings (SSSR count). The van der Waals surface area contributed by atoms with Gasteiger partial charge >= 0.3 is 0 Å². The Bertz CT molecular complexity index is 1030. The van der Waals surface area contributed by atoms with Gasteiger partial charge in [-0.1, -0.05) is 85.4 Å². The van der Waals surface area contributed by atoms with Gasteiger partial charge in [0.25, 0.3) is 0 Å². The molecule has 0 amide bonds. The summed E-state index contributed by atoms with van der Waals surface area (Å²) in [5.74, 6) is 0. The van der Waals surface area contributed by atoms with Crippen molar-refractivity contribution in [3.63, 3.8) is 0 Å². The Kier molecular flexibility index (Phi) is 7.12. The zero-order valence-corrected chi connectivity index (χ0v) is 19.9. The molecule has 0 saturated carbocycles. The van der Waals surface area contributed by atoms with E-state index < -0.39 is 10.0 Å². The summed E-state index contributed by atoms with van der Waals surface area (Å²) in [5.41, 5.74) is 1.94. The number of hydrogen-bond donors (Lipinski definition) is 0. The van der Waals surface area contributed by atoms with Crippen molar-refractivity contribution in [2.45, 2.75) is 57.6 Å². The van der Waals surface area contributed by atoms with Gasteiger partial charge < -0.3 is 0 Å². The highest BCUT2D eigenvalue weighted by Gasteiger charge is 2.38. The van der Waals surface area contributed by atoms with Gasteiger partial charge in [-0.05, 0) is 39.5 Å². The molecule has 0 fully saturated rings. The van der Waals surface area contributed by atoms with Gasteiger partial charge in [0, 0.05) is 6.20 Å². The zero-order chi connectivity index (χ0) is 22.6. The van der Waals surface area contributed by atoms with Crippen LogP contribution < -0.4 is 0 Å². The number of rotatable bonds is 8. The molecule has 0 spiro atoms. The number of hydrogen-bond acceptors (Lipinski definition) is 3. The maximum atomic E-state index is 13.8. The van der Waals surface area contributed by atoms with Crippen LogP contribution in [-0.2, 0) is 28.2 Å². The third-order valence-electron chi connectivity index (χ3n) is 5.41. The number of nitrogens with zero attached hydrogens (tertiary/aromatic N) is 3. The molecule has 1 heterocycles. The SMILES string of the molecule is CB(Cc1ccccc1)N(B(C)Cc1ccccc1)S(=O)(=O)c1ccn(C(C)(C)C)n1. The summed E-state index contributed by atoms with van der Waals surface area (Å²) in [6.07, 6.45) is 3.02. The maximum absolute atomic E-state index is 13.8. The lowest BCUT2D eigenvalue weighted by atomic mass is 9.48. The van der Waals surface area contributed by atoms with Gasteiger partial charge in [-0.25, -0.2) is 8.42 Å². The molecule has 5 nitrogen and oxygen atoms in total. The average Bonchev–Trinajstić information content (AvgIpc) is 3.21. The third-order valence-corrected chi connectivity index (χ3v) is 7.43. The van der Waals surface area contributed by atoms with E-state index in [1.165, 1.54) is 0 Å². The normalized spacial score (nSPS) is 12.2. The van der Waals surface area contributed by atoms with Crippen molar-refractivity contribution in [1.29, 1.82) is 0 Å². The lowest BCUT2D eigenvalue weighted by molar-refractivity contribution is 0.349. The Morgan fingerprint density at radius 3 is 1.68 bits per heavy atom. The highest BCUT2D eigenvalue weighted by molar-refractivity contribution is 7.91. The minimum absolute atomic E-state index is 0.0993. The van der Waals surface area contributed by atoms with E-state index in [0.717, 1.165) is 11.1 Å². The van der Waals surface area contributed by atoms with E-state index in [1.54, 1.807) is 21.1 Å². The van der Waals surface area contributed by atoms with Crippen LogP contribution in [0.4, 0.5) is 0 Å². The molecule has 0 aliphatic rings. The van der Waals surface area contributed by atoms with Crippen LogP contribution in [0.25, 0.3) is 0 Å². The molecular weight excluding hydrogens is 404 g/mol. The molecule has 0 bridgehead atoms. The topological polar surface area (TPSA) is 55.2 Å². The van der Waals surface area contributed by atoms with E-state index in [2.05, 4.69) is 5.10 Å². The predicted molar refractivity (Wildman–Crippen MR) is 130 cm³/mol. The average molecular weight is 435 g/mol. The fourth-order valence-corrected chi connectivity index (χ4v) is 5.66. The first kappa shape index (κ1) is 23.4. The third kappa shape index (κ3) is 5.69. The molecule has 0 saturated heterocycles. The van der Waals surface area contributed by atoms with Crippen LogP contribution >= 0.6 is 0 Å². The summed E-state index contributed by atoms with van der Waals surface area (Å²) in [7, 11) is -3.78. The Hall–Kier alpha value is -2.31. The zero-order valence-electron chi connectivity index (χ0n) is 19.1. The fraction of sp³-hybridized carbons (Fsp3) is 0.348. The molecule has 0 unspecified atom stereocenters. The highest BCUT2D eigenvalue weighted by Crippen LogP contribution is 2.23. The first-order chi connectivity index (χ1) is 14.6. The van der Waals surface area contributed by atoms with Crippen molar-refractivity contribution >= 4 is 23.7 Å². The standard InChI is InChI=1S/C23H31B2N3O2S/c1-23(2,3)27-17-16-22(26-27)31(29,30)28(24(4)18-20-12-8-6-9-13-20)25(5)19-21-14-10-7-11-15-21/h6-17H,18-19H2,1-5H3. The van der Waals surface area contributed by atoms with Crippen molar-refractivity contribution < 1.29 is 8.42 Å². The molecule has 0 atom stereocenters. The van der Waals surface area contributed by atoms with Crippen LogP contribution in [-0.4, -0.2) is 36.0 Å². The van der Waals surface area contributed by atoms with Crippen LogP contribution in [0.15, 0.2) is 78.0 Å². The van der Waals surface area contributed by atoms with Crippen molar-refractivity contribution in [3.05, 3.63) is 84.1 Å². The van der Waals surface area contributed by atoms with Crippen molar-refractivity contribution in [2.75, 3.05) is 0 Å². The van der Waals surface area contributed by atoms with E-state index in [1.807, 2.05) is 95.1 Å². The lowest BCUT2D eigenvalue weighted by Gasteiger charge is -2.30. The number of aromatic nitrogens is 2. The van der Waals surface area contributed by atoms with E-state index in [4.69, 9.17) is 0 Å². The lowest BCUT2D eigenvalue weighted by Crippen LogP contribution is -2.52. The quantitative estimate of drug-likeness (QED) is 0.492. The molecule has 1 aromatic heterocycles. The first-order valence-electron chi connectivity index (χ1n) is 10.8. The minimum atomic E-state index is -3.78. The Morgan fingerprint density at radius 2 is 1.29 bits per heavy atom. The fourth-order valence-electron chi connectivity index (χ4n) is 3.92. The molecule has 0 aliphatic heterocycles. The van der Waals surface area contributed by atoms with Crippen molar-refractivity contribution in [1.82, 2.24) is 13.9 Å². The second kappa shape index (κ2) is 9.45. The predicted octanol–water partition coefficient (Wildman–Crippen LogP) is 4.44. The molecule has 0 N–H and O–H groups in total. The van der Waals surface area contributed by atoms with Gasteiger partial charge in [-0.3, -0.25) is 8.81 Å². The molecule has 3 aromatic rings. The number of benzene rings is 2. The van der Waals surface area contributed by atoms with Crippen molar-refractivity contribution in [2.24, 2.45) is 0 Å². The van der Waals surface area contributed by atoms with Crippen LogP contribution in [0, 0.1) is 0 Å². The summed E-state index contributed by atoms with van der Waals surface area (Å²) in [6, 6.07) is 21.7. The molecule has 162 valence electrons. The van der Waals surface area contributed by atoms with Crippen LogP contribution in [0.1, 0.15) is 31.9 Å². The Labute approximate surface area is 187 Å². The molecule has 0 aliphatic carbocycles. The molecule has 2 aromatic carbocycles. The summed E-state index contributed by atoms with van der Waals surface area (Å²) < 4.78 is 30.9. The molecule has 8 heteroatoms. The second-order valence-corrected chi connectivity index (χ2v) is 11.0. The van der Waals surface area contributed by atoms with Gasteiger partial charge in [0.15, 0.2) is 5.03 Å². The molecule has 31 heavy (non-hydrogen) atoms. The summed E-state index contributed by atoms with van der Waals surface area (Å²) in [5, 5.41) is 4.54. The van der Waals surface area contributed by atoms with Crippen LogP contribution in [0.2, 0.25) is 13.6 Å². The van der Waals surface area contributed by atoms with E-state index in [0.29, 0.717) is 12.6 Å². The van der Waals surface area contributed by atoms with E-state index >= 15 is 0 Å². The van der Waals surface area contributed by atoms with E-state index in [-0.39, 0.29) is 24.3 Å².